The van der Waals surface area contributed by atoms with Crippen LogP contribution >= 0.6 is 0 Å². The predicted molar refractivity (Wildman–Crippen MR) is 90.2 cm³/mol. The zero-order valence-electron chi connectivity index (χ0n) is 13.3. The van der Waals surface area contributed by atoms with Crippen LogP contribution in [-0.2, 0) is 6.42 Å². The third-order valence-electron chi connectivity index (χ3n) is 4.95. The van der Waals surface area contributed by atoms with E-state index in [-0.39, 0.29) is 26.5 Å². The van der Waals surface area contributed by atoms with Crippen LogP contribution in [0, 0.1) is 23.5 Å². The molecule has 2 nitrogen and oxygen atoms in total. The van der Waals surface area contributed by atoms with Crippen molar-refractivity contribution in [3.8, 4) is 11.5 Å². The molecule has 1 unspecified atom stereocenters. The second-order valence-corrected chi connectivity index (χ2v) is 6.89. The maximum Gasteiger partial charge on any atom is 0.204 e. The van der Waals surface area contributed by atoms with E-state index < -0.39 is 11.6 Å². The fraction of sp³-hybridized carbons (Fsp3) is 0.684. The fourth-order valence-electron chi connectivity index (χ4n) is 3.38. The number of hydrogen-bond donors (Lipinski definition) is 0. The summed E-state index contributed by atoms with van der Waals surface area (Å²) in [4.78, 5) is 0. The Labute approximate surface area is 139 Å². The van der Waals surface area contributed by atoms with Gasteiger partial charge in [-0.2, -0.15) is 8.78 Å². The first-order valence-corrected chi connectivity index (χ1v) is 8.35. The molecule has 0 saturated heterocycles. The van der Waals surface area contributed by atoms with Crippen molar-refractivity contribution in [2.45, 2.75) is 65.9 Å². The first-order chi connectivity index (χ1) is 10.5. The summed E-state index contributed by atoms with van der Waals surface area (Å²) in [6.45, 7) is 4.60. The first-order valence-electron chi connectivity index (χ1n) is 8.35. The van der Waals surface area contributed by atoms with E-state index in [0.717, 1.165) is 25.2 Å². The number of ether oxygens (including phenoxy) is 2. The number of benzene rings is 1. The van der Waals surface area contributed by atoms with Gasteiger partial charge in [0, 0.05) is 6.99 Å². The van der Waals surface area contributed by atoms with Gasteiger partial charge in [0.2, 0.25) is 11.6 Å². The molecule has 1 heterocycles. The van der Waals surface area contributed by atoms with Gasteiger partial charge < -0.3 is 9.47 Å². The van der Waals surface area contributed by atoms with E-state index in [4.69, 9.17) is 9.47 Å². The van der Waals surface area contributed by atoms with Crippen molar-refractivity contribution in [3.63, 3.8) is 0 Å². The molecule has 0 spiro atoms. The first kappa shape index (κ1) is 18.0. The lowest BCUT2D eigenvalue weighted by Gasteiger charge is -2.27. The molecule has 1 fully saturated rings. The van der Waals surface area contributed by atoms with Crippen molar-refractivity contribution in [3.05, 3.63) is 23.3 Å². The van der Waals surface area contributed by atoms with E-state index in [1.165, 1.54) is 12.8 Å². The van der Waals surface area contributed by atoms with E-state index in [0.29, 0.717) is 24.5 Å². The van der Waals surface area contributed by atoms with E-state index in [2.05, 4.69) is 6.92 Å². The molecule has 2 aliphatic rings. The largest absolute Gasteiger partial charge is 0.490 e. The third-order valence-corrected chi connectivity index (χ3v) is 4.95. The summed E-state index contributed by atoms with van der Waals surface area (Å²) < 4.78 is 39.4. The number of halogens is 2. The van der Waals surface area contributed by atoms with E-state index in [9.17, 15) is 8.78 Å². The van der Waals surface area contributed by atoms with Gasteiger partial charge in [-0.25, -0.2) is 0 Å². The van der Waals surface area contributed by atoms with Gasteiger partial charge in [-0.15, -0.1) is 0 Å². The predicted octanol–water partition coefficient (Wildman–Crippen LogP) is 5.77. The minimum Gasteiger partial charge on any atom is -0.490 e. The SMILES string of the molecule is C.CC1CCC(COc2cc3c(c(F)c2F)OC(C)CC3)CC1.[HH]. The van der Waals surface area contributed by atoms with Crippen molar-refractivity contribution in [1.82, 2.24) is 0 Å². The summed E-state index contributed by atoms with van der Waals surface area (Å²) in [6.07, 6.45) is 6.05. The van der Waals surface area contributed by atoms with Gasteiger partial charge in [0.05, 0.1) is 12.7 Å². The topological polar surface area (TPSA) is 18.5 Å². The van der Waals surface area contributed by atoms with Crippen molar-refractivity contribution < 1.29 is 19.7 Å². The highest BCUT2D eigenvalue weighted by molar-refractivity contribution is 5.44. The molecule has 1 aromatic carbocycles. The number of fused-ring (bicyclic) bond motifs is 1. The summed E-state index contributed by atoms with van der Waals surface area (Å²) in [7, 11) is 0. The Hall–Kier alpha value is -1.32. The van der Waals surface area contributed by atoms with Crippen LogP contribution in [0.15, 0.2) is 6.07 Å². The van der Waals surface area contributed by atoms with Gasteiger partial charge in [0.25, 0.3) is 0 Å². The van der Waals surface area contributed by atoms with Gasteiger partial charge in [0.15, 0.2) is 11.5 Å². The van der Waals surface area contributed by atoms with Gasteiger partial charge in [0.1, 0.15) is 0 Å². The third kappa shape index (κ3) is 3.96. The number of aryl methyl sites for hydroxylation is 1. The molecular formula is C19H30F2O2. The minimum absolute atomic E-state index is 0. The van der Waals surface area contributed by atoms with Gasteiger partial charge in [-0.05, 0) is 50.5 Å². The molecule has 1 atom stereocenters. The molecule has 0 bridgehead atoms. The maximum absolute atomic E-state index is 14.2. The van der Waals surface area contributed by atoms with Crippen molar-refractivity contribution in [2.75, 3.05) is 6.61 Å². The van der Waals surface area contributed by atoms with Gasteiger partial charge >= 0.3 is 0 Å². The lowest BCUT2D eigenvalue weighted by Crippen LogP contribution is -2.22. The molecule has 1 aliphatic heterocycles. The van der Waals surface area contributed by atoms with Crippen molar-refractivity contribution in [1.29, 1.82) is 0 Å². The molecule has 1 aromatic rings. The second kappa shape index (κ2) is 7.50. The quantitative estimate of drug-likeness (QED) is 0.701. The average Bonchev–Trinajstić information content (AvgIpc) is 2.52. The Kier molecular flexibility index (Phi) is 5.88. The standard InChI is InChI=1S/C18H24F2O2.CH4.H2/c1-11-3-6-13(7-4-11)10-21-15-9-14-8-5-12(2)22-18(14)17(20)16(15)19;;/h9,11-13H,3-8,10H2,1-2H3;1H4;1H. The summed E-state index contributed by atoms with van der Waals surface area (Å²) in [5.74, 6) is -0.504. The average molecular weight is 328 g/mol. The smallest absolute Gasteiger partial charge is 0.204 e. The Morgan fingerprint density at radius 2 is 1.83 bits per heavy atom. The Bertz CT molecular complexity index is 543. The summed E-state index contributed by atoms with van der Waals surface area (Å²) >= 11 is 0. The fourth-order valence-corrected chi connectivity index (χ4v) is 3.38. The molecule has 0 N–H and O–H groups in total. The molecule has 1 saturated carbocycles. The van der Waals surface area contributed by atoms with Crippen molar-refractivity contribution >= 4 is 0 Å². The zero-order valence-corrected chi connectivity index (χ0v) is 13.3. The van der Waals surface area contributed by atoms with Crippen LogP contribution in [0.1, 0.15) is 60.4 Å². The highest BCUT2D eigenvalue weighted by atomic mass is 19.2. The molecule has 3 rings (SSSR count). The van der Waals surface area contributed by atoms with E-state index in [1.807, 2.05) is 6.92 Å². The molecule has 4 heteroatoms. The number of hydrogen-bond acceptors (Lipinski definition) is 2. The summed E-state index contributed by atoms with van der Waals surface area (Å²) in [6, 6.07) is 1.62. The normalized spacial score (nSPS) is 26.7. The molecule has 132 valence electrons. The van der Waals surface area contributed by atoms with E-state index in [1.54, 1.807) is 6.07 Å². The molecule has 1 aliphatic carbocycles. The summed E-state index contributed by atoms with van der Waals surface area (Å²) in [5, 5.41) is 0. The Balaban J connectivity index is 0.00000144. The lowest BCUT2D eigenvalue weighted by atomic mass is 9.83. The van der Waals surface area contributed by atoms with Crippen molar-refractivity contribution in [2.24, 2.45) is 11.8 Å². The van der Waals surface area contributed by atoms with Crippen LogP contribution in [0.4, 0.5) is 8.78 Å². The van der Waals surface area contributed by atoms with Crippen LogP contribution in [0.25, 0.3) is 0 Å². The highest BCUT2D eigenvalue weighted by Crippen LogP contribution is 2.37. The van der Waals surface area contributed by atoms with Crippen LogP contribution in [0.5, 0.6) is 11.5 Å². The Morgan fingerprint density at radius 3 is 2.52 bits per heavy atom. The minimum atomic E-state index is -0.919. The number of rotatable bonds is 3. The second-order valence-electron chi connectivity index (χ2n) is 6.89. The molecule has 0 aromatic heterocycles. The Morgan fingerprint density at radius 1 is 1.13 bits per heavy atom. The van der Waals surface area contributed by atoms with Crippen LogP contribution in [0.3, 0.4) is 0 Å². The monoisotopic (exact) mass is 328 g/mol. The van der Waals surface area contributed by atoms with E-state index >= 15 is 0 Å². The highest BCUT2D eigenvalue weighted by Gasteiger charge is 2.26. The summed E-state index contributed by atoms with van der Waals surface area (Å²) in [5.41, 5.74) is 0.712. The molecule has 0 radical (unpaired) electrons. The van der Waals surface area contributed by atoms with Gasteiger partial charge in [-0.3, -0.25) is 0 Å². The van der Waals surface area contributed by atoms with Crippen LogP contribution < -0.4 is 9.47 Å². The van der Waals surface area contributed by atoms with Gasteiger partial charge in [-0.1, -0.05) is 27.2 Å². The molecule has 23 heavy (non-hydrogen) atoms. The zero-order chi connectivity index (χ0) is 15.7. The van der Waals surface area contributed by atoms with Crippen LogP contribution in [-0.4, -0.2) is 12.7 Å². The molecule has 0 amide bonds. The molecular weight excluding hydrogens is 298 g/mol. The lowest BCUT2D eigenvalue weighted by molar-refractivity contribution is 0.169. The van der Waals surface area contributed by atoms with Crippen LogP contribution in [0.2, 0.25) is 0 Å². The maximum atomic E-state index is 14.2.